The lowest BCUT2D eigenvalue weighted by Crippen LogP contribution is -2.49. The highest BCUT2D eigenvalue weighted by Crippen LogP contribution is 2.12. The fourth-order valence-corrected chi connectivity index (χ4v) is 1.88. The lowest BCUT2D eigenvalue weighted by atomic mass is 10.2. The molecule has 2 rings (SSSR count). The van der Waals surface area contributed by atoms with Crippen molar-refractivity contribution in [3.63, 3.8) is 0 Å². The molecule has 1 saturated heterocycles. The average molecular weight is 283 g/mol. The quantitative estimate of drug-likeness (QED) is 0.691. The number of ether oxygens (including phenoxy) is 2. The van der Waals surface area contributed by atoms with E-state index in [1.807, 2.05) is 0 Å². The van der Waals surface area contributed by atoms with E-state index < -0.39 is 23.9 Å². The maximum Gasteiger partial charge on any atom is 0.354 e. The second-order valence-electron chi connectivity index (χ2n) is 4.07. The van der Waals surface area contributed by atoms with Crippen molar-refractivity contribution >= 4 is 17.8 Å². The Morgan fingerprint density at radius 1 is 1.55 bits per heavy atom. The Balaban J connectivity index is 2.14. The van der Waals surface area contributed by atoms with Crippen molar-refractivity contribution in [3.05, 3.63) is 17.7 Å². The topological polar surface area (TPSA) is 122 Å². The summed E-state index contributed by atoms with van der Waals surface area (Å²) in [7, 11) is 1.22. The molecule has 9 nitrogen and oxygen atoms in total. The van der Waals surface area contributed by atoms with Gasteiger partial charge in [0.1, 0.15) is 0 Å². The number of aromatic nitrogens is 2. The summed E-state index contributed by atoms with van der Waals surface area (Å²) in [5.74, 6) is -2.42. The number of morpholine rings is 1. The van der Waals surface area contributed by atoms with Crippen LogP contribution in [0.2, 0.25) is 0 Å². The van der Waals surface area contributed by atoms with E-state index in [2.05, 4.69) is 14.7 Å². The molecule has 0 aromatic carbocycles. The van der Waals surface area contributed by atoms with Crippen molar-refractivity contribution in [1.82, 2.24) is 14.9 Å². The molecule has 2 heterocycles. The standard InChI is InChI=1S/C11H13N3O6/c1-19-11(18)6-4-14(2-3-20-6)9(15)7-8(10(16)17)13-5-12-7/h5-6H,2-4H2,1H3,(H,12,13)(H,16,17). The zero-order valence-corrected chi connectivity index (χ0v) is 10.7. The molecule has 0 radical (unpaired) electrons. The highest BCUT2D eigenvalue weighted by atomic mass is 16.6. The number of imidazole rings is 1. The predicted molar refractivity (Wildman–Crippen MR) is 63.2 cm³/mol. The van der Waals surface area contributed by atoms with E-state index in [0.29, 0.717) is 0 Å². The number of carbonyl (C=O) groups excluding carboxylic acids is 2. The van der Waals surface area contributed by atoms with Crippen LogP contribution in [0.5, 0.6) is 0 Å². The normalized spacial score (nSPS) is 18.6. The smallest absolute Gasteiger partial charge is 0.354 e. The van der Waals surface area contributed by atoms with Crippen LogP contribution in [-0.4, -0.2) is 70.7 Å². The van der Waals surface area contributed by atoms with Gasteiger partial charge in [0.25, 0.3) is 5.91 Å². The number of carboxylic acids is 1. The van der Waals surface area contributed by atoms with Crippen LogP contribution in [0.3, 0.4) is 0 Å². The Bertz CT molecular complexity index is 540. The Kier molecular flexibility index (Phi) is 3.99. The molecule has 2 N–H and O–H groups in total. The molecule has 1 unspecified atom stereocenters. The number of carboxylic acid groups (broad SMARTS) is 1. The van der Waals surface area contributed by atoms with Crippen molar-refractivity contribution in [2.24, 2.45) is 0 Å². The largest absolute Gasteiger partial charge is 0.477 e. The fraction of sp³-hybridized carbons (Fsp3) is 0.455. The SMILES string of the molecule is COC(=O)C1CN(C(=O)c2nc[nH]c2C(=O)O)CCO1. The third-order valence-corrected chi connectivity index (χ3v) is 2.87. The number of methoxy groups -OCH3 is 1. The van der Waals surface area contributed by atoms with Gasteiger partial charge in [-0.3, -0.25) is 4.79 Å². The zero-order chi connectivity index (χ0) is 14.7. The number of esters is 1. The number of aromatic carboxylic acids is 1. The molecule has 1 aliphatic rings. The van der Waals surface area contributed by atoms with Crippen molar-refractivity contribution in [1.29, 1.82) is 0 Å². The predicted octanol–water partition coefficient (Wildman–Crippen LogP) is -0.878. The molecule has 1 aromatic rings. The maximum absolute atomic E-state index is 12.2. The van der Waals surface area contributed by atoms with E-state index in [1.165, 1.54) is 12.0 Å². The molecule has 0 saturated carbocycles. The molecule has 1 fully saturated rings. The van der Waals surface area contributed by atoms with Crippen LogP contribution in [0.4, 0.5) is 0 Å². The van der Waals surface area contributed by atoms with Crippen molar-refractivity contribution in [2.45, 2.75) is 6.10 Å². The summed E-state index contributed by atoms with van der Waals surface area (Å²) in [5.41, 5.74) is -0.473. The van der Waals surface area contributed by atoms with Gasteiger partial charge in [0.2, 0.25) is 0 Å². The van der Waals surface area contributed by atoms with E-state index in [4.69, 9.17) is 9.84 Å². The van der Waals surface area contributed by atoms with Crippen LogP contribution < -0.4 is 0 Å². The molecular formula is C11H13N3O6. The summed E-state index contributed by atoms with van der Waals surface area (Å²) in [6, 6.07) is 0. The first-order valence-electron chi connectivity index (χ1n) is 5.80. The van der Waals surface area contributed by atoms with Gasteiger partial charge in [-0.2, -0.15) is 0 Å². The molecule has 108 valence electrons. The van der Waals surface area contributed by atoms with Gasteiger partial charge < -0.3 is 24.5 Å². The highest BCUT2D eigenvalue weighted by Gasteiger charge is 2.32. The number of nitrogens with one attached hydrogen (secondary N) is 1. The first-order valence-corrected chi connectivity index (χ1v) is 5.80. The first-order chi connectivity index (χ1) is 9.54. The number of carbonyl (C=O) groups is 3. The van der Waals surface area contributed by atoms with E-state index >= 15 is 0 Å². The fourth-order valence-electron chi connectivity index (χ4n) is 1.88. The van der Waals surface area contributed by atoms with Gasteiger partial charge >= 0.3 is 11.9 Å². The van der Waals surface area contributed by atoms with E-state index in [9.17, 15) is 14.4 Å². The van der Waals surface area contributed by atoms with Crippen LogP contribution in [0.15, 0.2) is 6.33 Å². The Morgan fingerprint density at radius 3 is 2.95 bits per heavy atom. The summed E-state index contributed by atoms with van der Waals surface area (Å²) in [4.78, 5) is 42.0. The zero-order valence-electron chi connectivity index (χ0n) is 10.7. The summed E-state index contributed by atoms with van der Waals surface area (Å²) in [6.45, 7) is 0.411. The molecule has 1 amide bonds. The van der Waals surface area contributed by atoms with Gasteiger partial charge in [0.15, 0.2) is 17.5 Å². The van der Waals surface area contributed by atoms with Crippen LogP contribution in [0.25, 0.3) is 0 Å². The summed E-state index contributed by atoms with van der Waals surface area (Å²) in [5, 5.41) is 8.94. The van der Waals surface area contributed by atoms with Crippen molar-refractivity contribution in [3.8, 4) is 0 Å². The summed E-state index contributed by atoms with van der Waals surface area (Å²) >= 11 is 0. The monoisotopic (exact) mass is 283 g/mol. The molecule has 0 spiro atoms. The van der Waals surface area contributed by atoms with Gasteiger partial charge in [0, 0.05) is 6.54 Å². The van der Waals surface area contributed by atoms with Crippen LogP contribution in [0.1, 0.15) is 21.0 Å². The lowest BCUT2D eigenvalue weighted by Gasteiger charge is -2.31. The van der Waals surface area contributed by atoms with Gasteiger partial charge in [-0.1, -0.05) is 0 Å². The molecule has 0 aliphatic carbocycles. The minimum absolute atomic E-state index is 0.00255. The maximum atomic E-state index is 12.2. The second kappa shape index (κ2) is 5.70. The molecule has 1 atom stereocenters. The Hall–Kier alpha value is -2.42. The third kappa shape index (κ3) is 2.62. The first kappa shape index (κ1) is 14.0. The van der Waals surface area contributed by atoms with E-state index in [1.54, 1.807) is 0 Å². The highest BCUT2D eigenvalue weighted by molar-refractivity contribution is 6.02. The molecule has 1 aliphatic heterocycles. The number of hydrogen-bond acceptors (Lipinski definition) is 6. The molecular weight excluding hydrogens is 270 g/mol. The molecule has 1 aromatic heterocycles. The van der Waals surface area contributed by atoms with Gasteiger partial charge in [-0.25, -0.2) is 14.6 Å². The number of rotatable bonds is 3. The number of aromatic amines is 1. The van der Waals surface area contributed by atoms with E-state index in [-0.39, 0.29) is 31.1 Å². The number of hydrogen-bond donors (Lipinski definition) is 2. The second-order valence-corrected chi connectivity index (χ2v) is 4.07. The lowest BCUT2D eigenvalue weighted by molar-refractivity contribution is -0.158. The number of amides is 1. The van der Waals surface area contributed by atoms with Gasteiger partial charge in [-0.05, 0) is 0 Å². The minimum Gasteiger partial charge on any atom is -0.477 e. The molecule has 20 heavy (non-hydrogen) atoms. The Morgan fingerprint density at radius 2 is 2.30 bits per heavy atom. The number of H-pyrrole nitrogens is 1. The van der Waals surface area contributed by atoms with Crippen LogP contribution in [-0.2, 0) is 14.3 Å². The minimum atomic E-state index is -1.27. The third-order valence-electron chi connectivity index (χ3n) is 2.87. The molecule has 9 heteroatoms. The van der Waals surface area contributed by atoms with Gasteiger partial charge in [0.05, 0.1) is 26.6 Å². The number of nitrogens with zero attached hydrogens (tertiary/aromatic N) is 2. The average Bonchev–Trinajstić information content (AvgIpc) is 2.95. The van der Waals surface area contributed by atoms with Crippen molar-refractivity contribution in [2.75, 3.05) is 26.8 Å². The molecule has 0 bridgehead atoms. The van der Waals surface area contributed by atoms with Crippen molar-refractivity contribution < 1.29 is 29.0 Å². The summed E-state index contributed by atoms with van der Waals surface area (Å²) in [6.07, 6.45) is 0.263. The van der Waals surface area contributed by atoms with Crippen LogP contribution >= 0.6 is 0 Å². The van der Waals surface area contributed by atoms with Gasteiger partial charge in [-0.15, -0.1) is 0 Å². The summed E-state index contributed by atoms with van der Waals surface area (Å²) < 4.78 is 9.75. The Labute approximate surface area is 113 Å². The van der Waals surface area contributed by atoms with Crippen LogP contribution in [0, 0.1) is 0 Å². The van der Waals surface area contributed by atoms with E-state index in [0.717, 1.165) is 6.33 Å².